The maximum Gasteiger partial charge on any atom is 0.144 e. The monoisotopic (exact) mass is 369 g/mol. The number of aromatic nitrogens is 2. The summed E-state index contributed by atoms with van der Waals surface area (Å²) in [4.78, 5) is 5.93. The zero-order valence-corrected chi connectivity index (χ0v) is 13.9. The number of thiophene rings is 1. The number of anilines is 2. The van der Waals surface area contributed by atoms with Crippen molar-refractivity contribution in [2.45, 2.75) is 0 Å². The van der Waals surface area contributed by atoms with E-state index in [-0.39, 0.29) is 0 Å². The van der Waals surface area contributed by atoms with E-state index >= 15 is 0 Å². The van der Waals surface area contributed by atoms with E-state index in [0.29, 0.717) is 0 Å². The lowest BCUT2D eigenvalue weighted by Gasteiger charge is -2.08. The molecule has 1 aromatic carbocycles. The van der Waals surface area contributed by atoms with Gasteiger partial charge in [0, 0.05) is 16.4 Å². The Kier molecular flexibility index (Phi) is 3.44. The number of benzene rings is 1. The Hall–Kier alpha value is -2.11. The average Bonchev–Trinajstić information content (AvgIpc) is 3.18. The quantitative estimate of drug-likeness (QED) is 0.511. The molecule has 0 fully saturated rings. The summed E-state index contributed by atoms with van der Waals surface area (Å²) in [5.41, 5.74) is 2.95. The van der Waals surface area contributed by atoms with Crippen LogP contribution in [0.15, 0.2) is 70.6 Å². The number of rotatable bonds is 3. The highest BCUT2D eigenvalue weighted by molar-refractivity contribution is 9.10. The summed E-state index contributed by atoms with van der Waals surface area (Å²) in [5.74, 6) is 0.986. The molecule has 0 bridgehead atoms. The van der Waals surface area contributed by atoms with Gasteiger partial charge in [0.25, 0.3) is 0 Å². The molecule has 0 atom stereocenters. The SMILES string of the molecule is Brc1ccc(Nc2c(-c3cccs3)nc3ccccn23)cc1. The zero-order valence-electron chi connectivity index (χ0n) is 11.5. The molecule has 0 aliphatic heterocycles. The molecule has 0 amide bonds. The molecule has 0 spiro atoms. The highest BCUT2D eigenvalue weighted by Crippen LogP contribution is 2.33. The van der Waals surface area contributed by atoms with Gasteiger partial charge in [0.15, 0.2) is 0 Å². The fourth-order valence-corrected chi connectivity index (χ4v) is 3.35. The van der Waals surface area contributed by atoms with Crippen molar-refractivity contribution in [2.75, 3.05) is 5.32 Å². The minimum absolute atomic E-state index is 0.936. The third-order valence-electron chi connectivity index (χ3n) is 3.39. The second kappa shape index (κ2) is 5.59. The molecule has 0 saturated heterocycles. The molecule has 22 heavy (non-hydrogen) atoms. The van der Waals surface area contributed by atoms with E-state index in [1.54, 1.807) is 11.3 Å². The number of hydrogen-bond donors (Lipinski definition) is 1. The van der Waals surface area contributed by atoms with Crippen LogP contribution in [0.2, 0.25) is 0 Å². The fraction of sp³-hybridized carbons (Fsp3) is 0. The Morgan fingerprint density at radius 2 is 1.86 bits per heavy atom. The van der Waals surface area contributed by atoms with Crippen molar-refractivity contribution < 1.29 is 0 Å². The van der Waals surface area contributed by atoms with Gasteiger partial charge >= 0.3 is 0 Å². The highest BCUT2D eigenvalue weighted by atomic mass is 79.9. The Morgan fingerprint density at radius 3 is 2.64 bits per heavy atom. The van der Waals surface area contributed by atoms with E-state index in [2.05, 4.69) is 37.1 Å². The maximum absolute atomic E-state index is 4.77. The minimum atomic E-state index is 0.936. The van der Waals surface area contributed by atoms with Gasteiger partial charge in [0.1, 0.15) is 17.2 Å². The van der Waals surface area contributed by atoms with Gasteiger partial charge in [-0.15, -0.1) is 11.3 Å². The number of fused-ring (bicyclic) bond motifs is 1. The number of nitrogens with zero attached hydrogens (tertiary/aromatic N) is 2. The van der Waals surface area contributed by atoms with Crippen LogP contribution in [0.3, 0.4) is 0 Å². The van der Waals surface area contributed by atoms with Gasteiger partial charge in [-0.1, -0.05) is 28.1 Å². The summed E-state index contributed by atoms with van der Waals surface area (Å²) in [6, 6.07) is 18.3. The largest absolute Gasteiger partial charge is 0.339 e. The van der Waals surface area contributed by atoms with E-state index in [0.717, 1.165) is 32.2 Å². The summed E-state index contributed by atoms with van der Waals surface area (Å²) >= 11 is 5.16. The molecule has 4 aromatic rings. The predicted molar refractivity (Wildman–Crippen MR) is 95.9 cm³/mol. The molecule has 4 rings (SSSR count). The number of imidazole rings is 1. The van der Waals surface area contributed by atoms with Crippen molar-refractivity contribution in [1.82, 2.24) is 9.38 Å². The van der Waals surface area contributed by atoms with E-state index in [1.807, 2.05) is 54.7 Å². The molecular formula is C17H12BrN3S. The van der Waals surface area contributed by atoms with Crippen LogP contribution in [0.1, 0.15) is 0 Å². The Bertz CT molecular complexity index is 911. The first-order valence-corrected chi connectivity index (χ1v) is 8.52. The van der Waals surface area contributed by atoms with Gasteiger partial charge in [0.2, 0.25) is 0 Å². The van der Waals surface area contributed by atoms with Crippen LogP contribution in [-0.4, -0.2) is 9.38 Å². The molecule has 3 nitrogen and oxygen atoms in total. The summed E-state index contributed by atoms with van der Waals surface area (Å²) in [6.45, 7) is 0. The Labute approximate surface area is 140 Å². The topological polar surface area (TPSA) is 29.3 Å². The molecule has 0 saturated carbocycles. The number of nitrogens with one attached hydrogen (secondary N) is 1. The zero-order chi connectivity index (χ0) is 14.9. The fourth-order valence-electron chi connectivity index (χ4n) is 2.37. The molecule has 1 N–H and O–H groups in total. The van der Waals surface area contributed by atoms with Crippen molar-refractivity contribution in [3.63, 3.8) is 0 Å². The van der Waals surface area contributed by atoms with Crippen molar-refractivity contribution in [2.24, 2.45) is 0 Å². The Balaban J connectivity index is 1.87. The standard InChI is InChI=1S/C17H12BrN3S/c18-12-6-8-13(9-7-12)19-17-16(14-4-3-11-22-14)20-15-5-1-2-10-21(15)17/h1-11,19H. The first-order valence-electron chi connectivity index (χ1n) is 6.85. The van der Waals surface area contributed by atoms with Crippen molar-refractivity contribution in [1.29, 1.82) is 0 Å². The molecule has 5 heteroatoms. The average molecular weight is 370 g/mol. The number of halogens is 1. The van der Waals surface area contributed by atoms with Crippen LogP contribution < -0.4 is 5.32 Å². The van der Waals surface area contributed by atoms with Gasteiger partial charge < -0.3 is 5.32 Å². The number of hydrogen-bond acceptors (Lipinski definition) is 3. The maximum atomic E-state index is 4.77. The molecule has 0 radical (unpaired) electrons. The molecule has 108 valence electrons. The van der Waals surface area contributed by atoms with Crippen molar-refractivity contribution >= 4 is 44.4 Å². The van der Waals surface area contributed by atoms with Gasteiger partial charge in [-0.2, -0.15) is 0 Å². The molecule has 0 unspecified atom stereocenters. The van der Waals surface area contributed by atoms with E-state index < -0.39 is 0 Å². The third kappa shape index (κ3) is 2.42. The van der Waals surface area contributed by atoms with E-state index in [4.69, 9.17) is 4.98 Å². The van der Waals surface area contributed by atoms with Gasteiger partial charge in [-0.05, 0) is 47.8 Å². The highest BCUT2D eigenvalue weighted by Gasteiger charge is 2.14. The predicted octanol–water partition coefficient (Wildman–Crippen LogP) is 5.57. The van der Waals surface area contributed by atoms with E-state index in [1.165, 1.54) is 0 Å². The lowest BCUT2D eigenvalue weighted by atomic mass is 10.3. The van der Waals surface area contributed by atoms with Crippen LogP contribution in [-0.2, 0) is 0 Å². The minimum Gasteiger partial charge on any atom is -0.339 e. The first-order chi connectivity index (χ1) is 10.8. The second-order valence-electron chi connectivity index (χ2n) is 4.85. The molecular weight excluding hydrogens is 358 g/mol. The van der Waals surface area contributed by atoms with Gasteiger partial charge in [0.05, 0.1) is 4.88 Å². The van der Waals surface area contributed by atoms with Crippen molar-refractivity contribution in [3.05, 3.63) is 70.6 Å². The van der Waals surface area contributed by atoms with Crippen LogP contribution >= 0.6 is 27.3 Å². The van der Waals surface area contributed by atoms with Crippen LogP contribution in [0, 0.1) is 0 Å². The molecule has 3 heterocycles. The van der Waals surface area contributed by atoms with Crippen LogP contribution in [0.4, 0.5) is 11.5 Å². The number of pyridine rings is 1. The summed E-state index contributed by atoms with van der Waals surface area (Å²) in [7, 11) is 0. The first kappa shape index (κ1) is 13.5. The van der Waals surface area contributed by atoms with E-state index in [9.17, 15) is 0 Å². The van der Waals surface area contributed by atoms with Crippen molar-refractivity contribution in [3.8, 4) is 10.6 Å². The van der Waals surface area contributed by atoms with Crippen LogP contribution in [0.25, 0.3) is 16.2 Å². The second-order valence-corrected chi connectivity index (χ2v) is 6.71. The molecule has 3 aromatic heterocycles. The smallest absolute Gasteiger partial charge is 0.144 e. The molecule has 0 aliphatic rings. The molecule has 0 aliphatic carbocycles. The van der Waals surface area contributed by atoms with Gasteiger partial charge in [-0.25, -0.2) is 4.98 Å². The normalized spacial score (nSPS) is 11.0. The summed E-state index contributed by atoms with van der Waals surface area (Å²) < 4.78 is 3.14. The lowest BCUT2D eigenvalue weighted by molar-refractivity contribution is 1.18. The van der Waals surface area contributed by atoms with Gasteiger partial charge in [-0.3, -0.25) is 4.40 Å². The Morgan fingerprint density at radius 1 is 1.00 bits per heavy atom. The summed E-state index contributed by atoms with van der Waals surface area (Å²) in [5, 5.41) is 5.57. The summed E-state index contributed by atoms with van der Waals surface area (Å²) in [6.07, 6.45) is 2.03. The lowest BCUT2D eigenvalue weighted by Crippen LogP contribution is -1.96. The third-order valence-corrected chi connectivity index (χ3v) is 4.80. The van der Waals surface area contributed by atoms with Crippen LogP contribution in [0.5, 0.6) is 0 Å².